The predicted octanol–water partition coefficient (Wildman–Crippen LogP) is 1.56. The first-order valence-electron chi connectivity index (χ1n) is 5.24. The van der Waals surface area contributed by atoms with E-state index >= 15 is 0 Å². The van der Waals surface area contributed by atoms with Gasteiger partial charge in [-0.2, -0.15) is 0 Å². The number of carbonyl (C=O) groups excluding carboxylic acids is 2. The number of nitrogens with zero attached hydrogens (tertiary/aromatic N) is 3. The zero-order chi connectivity index (χ0) is 12.3. The van der Waals surface area contributed by atoms with Gasteiger partial charge >= 0.3 is 0 Å². The molecule has 1 aromatic heterocycles. The van der Waals surface area contributed by atoms with Crippen LogP contribution in [0.25, 0.3) is 0 Å². The maximum atomic E-state index is 11.5. The second kappa shape index (κ2) is 5.46. The molecule has 17 heavy (non-hydrogen) atoms. The lowest BCUT2D eigenvalue weighted by Gasteiger charge is -2.11. The molecule has 8 heteroatoms. The van der Waals surface area contributed by atoms with E-state index in [4.69, 9.17) is 0 Å². The summed E-state index contributed by atoms with van der Waals surface area (Å²) in [7, 11) is 0. The van der Waals surface area contributed by atoms with Crippen LogP contribution in [-0.4, -0.2) is 37.9 Å². The quantitative estimate of drug-likeness (QED) is 0.876. The summed E-state index contributed by atoms with van der Waals surface area (Å²) in [5, 5.41) is 7.77. The third kappa shape index (κ3) is 2.75. The molecule has 2 rings (SSSR count). The Morgan fingerprint density at radius 2 is 2.29 bits per heavy atom. The number of hydrogen-bond acceptors (Lipinski definition) is 7. The smallest absolute Gasteiger partial charge is 0.289 e. The lowest BCUT2D eigenvalue weighted by molar-refractivity contribution is -0.125. The van der Waals surface area contributed by atoms with Gasteiger partial charge in [0.2, 0.25) is 5.91 Å². The topological polar surface area (TPSA) is 75.2 Å². The molecule has 0 bridgehead atoms. The summed E-state index contributed by atoms with van der Waals surface area (Å²) in [5.74, 6) is 0.0724. The van der Waals surface area contributed by atoms with E-state index in [1.54, 1.807) is 0 Å². The number of rotatable bonds is 5. The van der Waals surface area contributed by atoms with Crippen molar-refractivity contribution in [2.24, 2.45) is 0 Å². The second-order valence-electron chi connectivity index (χ2n) is 3.51. The van der Waals surface area contributed by atoms with E-state index in [0.717, 1.165) is 29.7 Å². The highest BCUT2D eigenvalue weighted by molar-refractivity contribution is 8.14. The summed E-state index contributed by atoms with van der Waals surface area (Å²) in [5.41, 5.74) is 0.660. The van der Waals surface area contributed by atoms with Crippen LogP contribution in [0.2, 0.25) is 0 Å². The summed E-state index contributed by atoms with van der Waals surface area (Å²) >= 11 is 2.28. The Morgan fingerprint density at radius 1 is 1.47 bits per heavy atom. The lowest BCUT2D eigenvalue weighted by atomic mass is 10.4. The Labute approximate surface area is 107 Å². The molecule has 1 fully saturated rings. The van der Waals surface area contributed by atoms with Crippen LogP contribution < -0.4 is 5.32 Å². The molecule has 6 nitrogen and oxygen atoms in total. The lowest BCUT2D eigenvalue weighted by Crippen LogP contribution is -2.28. The first kappa shape index (κ1) is 12.3. The van der Waals surface area contributed by atoms with Crippen LogP contribution in [-0.2, 0) is 11.3 Å². The zero-order valence-electron chi connectivity index (χ0n) is 9.30. The minimum Gasteiger partial charge on any atom is -0.374 e. The number of thioether (sulfide) groups is 1. The normalized spacial score (nSPS) is 15.7. The number of anilines is 1. The number of nitrogens with one attached hydrogen (secondary N) is 1. The van der Waals surface area contributed by atoms with Gasteiger partial charge in [-0.15, -0.1) is 5.10 Å². The molecule has 1 saturated heterocycles. The first-order valence-corrected chi connectivity index (χ1v) is 7.00. The van der Waals surface area contributed by atoms with Crippen LogP contribution in [0, 0.1) is 0 Å². The van der Waals surface area contributed by atoms with E-state index in [2.05, 4.69) is 21.8 Å². The number of amides is 2. The van der Waals surface area contributed by atoms with Gasteiger partial charge in [0.15, 0.2) is 0 Å². The first-order chi connectivity index (χ1) is 8.22. The van der Waals surface area contributed by atoms with Crippen molar-refractivity contribution < 1.29 is 9.59 Å². The minimum absolute atomic E-state index is 0.158. The molecule has 1 aromatic rings. The van der Waals surface area contributed by atoms with Crippen molar-refractivity contribution in [3.63, 3.8) is 0 Å². The Bertz CT molecular complexity index is 418. The third-order valence-corrected chi connectivity index (χ3v) is 3.82. The fraction of sp³-hybridized carbons (Fsp3) is 0.556. The molecular formula is C9H12N4O2S2. The van der Waals surface area contributed by atoms with Gasteiger partial charge in [-0.3, -0.25) is 14.5 Å². The monoisotopic (exact) mass is 272 g/mol. The van der Waals surface area contributed by atoms with E-state index in [-0.39, 0.29) is 23.4 Å². The fourth-order valence-corrected chi connectivity index (χ4v) is 2.69. The molecule has 0 radical (unpaired) electrons. The van der Waals surface area contributed by atoms with Gasteiger partial charge in [-0.05, 0) is 6.42 Å². The van der Waals surface area contributed by atoms with Crippen LogP contribution in [0.5, 0.6) is 0 Å². The summed E-state index contributed by atoms with van der Waals surface area (Å²) in [6.45, 7) is 3.10. The van der Waals surface area contributed by atoms with Gasteiger partial charge in [-0.25, -0.2) is 0 Å². The number of hydrogen-bond donors (Lipinski definition) is 1. The van der Waals surface area contributed by atoms with Crippen LogP contribution in [0.15, 0.2) is 0 Å². The highest BCUT2D eigenvalue weighted by Gasteiger charge is 2.31. The van der Waals surface area contributed by atoms with Crippen LogP contribution in [0.1, 0.15) is 19.0 Å². The molecule has 1 N–H and O–H groups in total. The van der Waals surface area contributed by atoms with Crippen molar-refractivity contribution >= 4 is 39.4 Å². The van der Waals surface area contributed by atoms with Gasteiger partial charge in [0.1, 0.15) is 10.7 Å². The van der Waals surface area contributed by atoms with Gasteiger partial charge in [0.25, 0.3) is 5.24 Å². The van der Waals surface area contributed by atoms with Gasteiger partial charge in [0.05, 0.1) is 12.3 Å². The van der Waals surface area contributed by atoms with E-state index in [0.29, 0.717) is 5.69 Å². The van der Waals surface area contributed by atoms with Crippen molar-refractivity contribution in [3.05, 3.63) is 5.69 Å². The highest BCUT2D eigenvalue weighted by Crippen LogP contribution is 2.25. The fourth-order valence-electron chi connectivity index (χ4n) is 1.37. The van der Waals surface area contributed by atoms with Crippen LogP contribution >= 0.6 is 23.3 Å². The molecule has 0 aliphatic carbocycles. The average molecular weight is 272 g/mol. The molecule has 0 saturated carbocycles. The maximum Gasteiger partial charge on any atom is 0.289 e. The van der Waals surface area contributed by atoms with Crippen molar-refractivity contribution in [3.8, 4) is 0 Å². The highest BCUT2D eigenvalue weighted by atomic mass is 32.2. The van der Waals surface area contributed by atoms with Crippen LogP contribution in [0.4, 0.5) is 9.80 Å². The third-order valence-electron chi connectivity index (χ3n) is 2.24. The average Bonchev–Trinajstić information content (AvgIpc) is 2.88. The largest absolute Gasteiger partial charge is 0.374 e. The van der Waals surface area contributed by atoms with Gasteiger partial charge in [0, 0.05) is 18.1 Å². The zero-order valence-corrected chi connectivity index (χ0v) is 10.9. The molecule has 2 heterocycles. The van der Waals surface area contributed by atoms with Gasteiger partial charge in [-0.1, -0.05) is 23.2 Å². The van der Waals surface area contributed by atoms with Crippen molar-refractivity contribution in [2.75, 3.05) is 17.6 Å². The molecule has 0 unspecified atom stereocenters. The Balaban J connectivity index is 2.05. The van der Waals surface area contributed by atoms with Gasteiger partial charge < -0.3 is 5.32 Å². The summed E-state index contributed by atoms with van der Waals surface area (Å²) in [6, 6.07) is 0. The van der Waals surface area contributed by atoms with Crippen molar-refractivity contribution in [1.82, 2.24) is 14.5 Å². The number of carbonyl (C=O) groups is 2. The minimum atomic E-state index is -0.204. The number of aromatic nitrogens is 2. The molecule has 0 atom stereocenters. The van der Waals surface area contributed by atoms with E-state index < -0.39 is 0 Å². The summed E-state index contributed by atoms with van der Waals surface area (Å²) in [6.07, 6.45) is 0.995. The molecule has 2 amide bonds. The second-order valence-corrected chi connectivity index (χ2v) is 5.19. The molecule has 1 aliphatic heterocycles. The summed E-state index contributed by atoms with van der Waals surface area (Å²) in [4.78, 5) is 24.1. The Hall–Kier alpha value is -1.15. The summed E-state index contributed by atoms with van der Waals surface area (Å²) < 4.78 is 3.84. The number of imide groups is 1. The molecule has 0 aromatic carbocycles. The Morgan fingerprint density at radius 3 is 2.94 bits per heavy atom. The molecule has 1 aliphatic rings. The van der Waals surface area contributed by atoms with Crippen molar-refractivity contribution in [2.45, 2.75) is 19.9 Å². The molecule has 0 spiro atoms. The van der Waals surface area contributed by atoms with Crippen molar-refractivity contribution in [1.29, 1.82) is 0 Å². The molecule has 92 valence electrons. The van der Waals surface area contributed by atoms with Crippen LogP contribution in [0.3, 0.4) is 0 Å². The van der Waals surface area contributed by atoms with E-state index in [9.17, 15) is 9.59 Å². The van der Waals surface area contributed by atoms with E-state index in [1.165, 1.54) is 16.4 Å². The SMILES string of the molecule is CCCNc1snnc1CN1C(=O)CSC1=O. The predicted molar refractivity (Wildman–Crippen MR) is 67.1 cm³/mol. The van der Waals surface area contributed by atoms with E-state index in [1.807, 2.05) is 0 Å². The molecular weight excluding hydrogens is 260 g/mol. The standard InChI is InChI=1S/C9H12N4O2S2/c1-2-3-10-8-6(11-12-17-8)4-13-7(14)5-16-9(13)15/h10H,2-5H2,1H3. The Kier molecular flexibility index (Phi) is 3.95. The maximum absolute atomic E-state index is 11.5.